The van der Waals surface area contributed by atoms with E-state index < -0.39 is 0 Å². The van der Waals surface area contributed by atoms with Gasteiger partial charge >= 0.3 is 0 Å². The number of nitrogens with one attached hydrogen (secondary N) is 1. The number of aryl methyl sites for hydroxylation is 1. The van der Waals surface area contributed by atoms with Crippen LogP contribution in [0.25, 0.3) is 0 Å². The highest BCUT2D eigenvalue weighted by atomic mass is 79.9. The van der Waals surface area contributed by atoms with Crippen LogP contribution in [0.4, 0.5) is 17.1 Å². The van der Waals surface area contributed by atoms with Gasteiger partial charge in [-0.1, -0.05) is 49.7 Å². The molecular weight excluding hydrogens is 430 g/mol. The molecule has 0 saturated heterocycles. The molecule has 1 amide bonds. The average Bonchev–Trinajstić information content (AvgIpc) is 3.01. The Hall–Kier alpha value is -3.12. The second-order valence-electron chi connectivity index (χ2n) is 6.78. The van der Waals surface area contributed by atoms with Crippen LogP contribution in [0, 0.1) is 0 Å². The molecule has 3 aromatic rings. The Labute approximate surface area is 177 Å². The third-order valence-electron chi connectivity index (χ3n) is 4.81. The van der Waals surface area contributed by atoms with E-state index in [1.807, 2.05) is 36.4 Å². The highest BCUT2D eigenvalue weighted by Crippen LogP contribution is 2.36. The van der Waals surface area contributed by atoms with E-state index in [2.05, 4.69) is 45.5 Å². The molecule has 6 heteroatoms. The Bertz CT molecular complexity index is 1090. The standard InChI is InChI=1S/C23H20BrN3O2/c1-2-6-15-11-13-16(14-12-15)27-20-10-4-3-7-17(20)21(23(27)29)26-25-19-9-5-8-18(24)22(19)28/h3-5,7-14,25,28H,2,6H2,1H3/b26-21+. The minimum absolute atomic E-state index is 0.0407. The van der Waals surface area contributed by atoms with Gasteiger partial charge in [-0.2, -0.15) is 5.10 Å². The molecule has 1 heterocycles. The third-order valence-corrected chi connectivity index (χ3v) is 5.45. The Morgan fingerprint density at radius 3 is 2.55 bits per heavy atom. The van der Waals surface area contributed by atoms with Crippen molar-refractivity contribution in [3.05, 3.63) is 82.3 Å². The number of phenolic OH excluding ortho intramolecular Hbond substituents is 1. The van der Waals surface area contributed by atoms with Gasteiger partial charge < -0.3 is 5.11 Å². The summed E-state index contributed by atoms with van der Waals surface area (Å²) in [6, 6.07) is 20.8. The van der Waals surface area contributed by atoms with Crippen LogP contribution in [-0.4, -0.2) is 16.7 Å². The summed E-state index contributed by atoms with van der Waals surface area (Å²) in [5.41, 5.74) is 7.13. The zero-order valence-electron chi connectivity index (χ0n) is 15.9. The molecule has 1 aliphatic heterocycles. The molecule has 0 bridgehead atoms. The lowest BCUT2D eigenvalue weighted by atomic mass is 10.1. The van der Waals surface area contributed by atoms with Gasteiger partial charge in [0.1, 0.15) is 0 Å². The molecule has 0 unspecified atom stereocenters. The number of fused-ring (bicyclic) bond motifs is 1. The van der Waals surface area contributed by atoms with E-state index in [4.69, 9.17) is 0 Å². The number of anilines is 3. The topological polar surface area (TPSA) is 64.9 Å². The van der Waals surface area contributed by atoms with Gasteiger partial charge in [-0.05, 0) is 58.2 Å². The number of nitrogens with zero attached hydrogens (tertiary/aromatic N) is 2. The number of carbonyl (C=O) groups is 1. The van der Waals surface area contributed by atoms with E-state index in [-0.39, 0.29) is 11.7 Å². The van der Waals surface area contributed by atoms with Gasteiger partial charge in [-0.3, -0.25) is 15.1 Å². The number of hydrogen-bond acceptors (Lipinski definition) is 4. The van der Waals surface area contributed by atoms with Gasteiger partial charge in [0.05, 0.1) is 15.8 Å². The first-order valence-electron chi connectivity index (χ1n) is 9.44. The molecule has 0 aromatic heterocycles. The van der Waals surface area contributed by atoms with Crippen molar-refractivity contribution >= 4 is 44.6 Å². The molecule has 0 radical (unpaired) electrons. The Kier molecular flexibility index (Phi) is 5.36. The summed E-state index contributed by atoms with van der Waals surface area (Å²) < 4.78 is 0.551. The summed E-state index contributed by atoms with van der Waals surface area (Å²) in [5, 5.41) is 14.5. The summed E-state index contributed by atoms with van der Waals surface area (Å²) in [6.07, 6.45) is 2.09. The summed E-state index contributed by atoms with van der Waals surface area (Å²) in [5.74, 6) is -0.171. The molecule has 146 valence electrons. The van der Waals surface area contributed by atoms with E-state index in [0.717, 1.165) is 29.8 Å². The Balaban J connectivity index is 1.70. The number of rotatable bonds is 5. The molecule has 0 saturated carbocycles. The van der Waals surface area contributed by atoms with Gasteiger partial charge in [0.25, 0.3) is 5.91 Å². The average molecular weight is 450 g/mol. The lowest BCUT2D eigenvalue weighted by Crippen LogP contribution is -2.26. The number of para-hydroxylation sites is 2. The fourth-order valence-corrected chi connectivity index (χ4v) is 3.75. The van der Waals surface area contributed by atoms with E-state index in [9.17, 15) is 9.90 Å². The lowest BCUT2D eigenvalue weighted by molar-refractivity contribution is -0.111. The van der Waals surface area contributed by atoms with Crippen molar-refractivity contribution < 1.29 is 9.90 Å². The first kappa shape index (κ1) is 19.2. The first-order chi connectivity index (χ1) is 14.1. The normalized spacial score (nSPS) is 14.3. The Morgan fingerprint density at radius 1 is 1.03 bits per heavy atom. The zero-order valence-corrected chi connectivity index (χ0v) is 17.5. The third kappa shape index (κ3) is 3.63. The van der Waals surface area contributed by atoms with Gasteiger partial charge in [-0.25, -0.2) is 0 Å². The maximum atomic E-state index is 13.2. The minimum atomic E-state index is -0.212. The first-order valence-corrected chi connectivity index (χ1v) is 10.2. The largest absolute Gasteiger partial charge is 0.505 e. The van der Waals surface area contributed by atoms with E-state index >= 15 is 0 Å². The number of benzene rings is 3. The van der Waals surface area contributed by atoms with Crippen LogP contribution in [0.2, 0.25) is 0 Å². The predicted octanol–water partition coefficient (Wildman–Crippen LogP) is 5.60. The van der Waals surface area contributed by atoms with Crippen molar-refractivity contribution in [3.8, 4) is 5.75 Å². The summed E-state index contributed by atoms with van der Waals surface area (Å²) >= 11 is 3.28. The number of hydrazone groups is 1. The molecule has 0 fully saturated rings. The van der Waals surface area contributed by atoms with Crippen LogP contribution in [-0.2, 0) is 11.2 Å². The van der Waals surface area contributed by atoms with Crippen molar-refractivity contribution in [2.45, 2.75) is 19.8 Å². The molecule has 3 aromatic carbocycles. The number of amides is 1. The maximum Gasteiger partial charge on any atom is 0.283 e. The SMILES string of the molecule is CCCc1ccc(N2C(=O)/C(=N/Nc3cccc(Br)c3O)c3ccccc32)cc1. The molecule has 0 aliphatic carbocycles. The smallest absolute Gasteiger partial charge is 0.283 e. The maximum absolute atomic E-state index is 13.2. The molecule has 5 nitrogen and oxygen atoms in total. The number of halogens is 1. The number of carbonyl (C=O) groups excluding carboxylic acids is 1. The summed E-state index contributed by atoms with van der Waals surface area (Å²) in [7, 11) is 0. The molecule has 29 heavy (non-hydrogen) atoms. The van der Waals surface area contributed by atoms with E-state index in [0.29, 0.717) is 15.9 Å². The number of hydrogen-bond donors (Lipinski definition) is 2. The van der Waals surface area contributed by atoms with Crippen LogP contribution in [0.5, 0.6) is 5.75 Å². The Morgan fingerprint density at radius 2 is 1.79 bits per heavy atom. The van der Waals surface area contributed by atoms with Crippen LogP contribution in [0.1, 0.15) is 24.5 Å². The predicted molar refractivity (Wildman–Crippen MR) is 120 cm³/mol. The van der Waals surface area contributed by atoms with Crippen molar-refractivity contribution in [1.82, 2.24) is 0 Å². The summed E-state index contributed by atoms with van der Waals surface area (Å²) in [6.45, 7) is 2.15. The molecule has 2 N–H and O–H groups in total. The van der Waals surface area contributed by atoms with E-state index in [1.165, 1.54) is 5.56 Å². The fraction of sp³-hybridized carbons (Fsp3) is 0.130. The highest BCUT2D eigenvalue weighted by Gasteiger charge is 2.35. The molecule has 0 spiro atoms. The van der Waals surface area contributed by atoms with Gasteiger partial charge in [0, 0.05) is 11.3 Å². The van der Waals surface area contributed by atoms with Gasteiger partial charge in [0.15, 0.2) is 11.5 Å². The molecule has 4 rings (SSSR count). The monoisotopic (exact) mass is 449 g/mol. The van der Waals surface area contributed by atoms with Crippen LogP contribution < -0.4 is 10.3 Å². The molecular formula is C23H20BrN3O2. The van der Waals surface area contributed by atoms with Crippen molar-refractivity contribution in [3.63, 3.8) is 0 Å². The molecule has 0 atom stereocenters. The van der Waals surface area contributed by atoms with Gasteiger partial charge in [0.2, 0.25) is 0 Å². The second kappa shape index (κ2) is 8.09. The van der Waals surface area contributed by atoms with Crippen LogP contribution >= 0.6 is 15.9 Å². The summed E-state index contributed by atoms with van der Waals surface area (Å²) in [4.78, 5) is 14.9. The van der Waals surface area contributed by atoms with Crippen molar-refractivity contribution in [1.29, 1.82) is 0 Å². The van der Waals surface area contributed by atoms with Crippen LogP contribution in [0.3, 0.4) is 0 Å². The van der Waals surface area contributed by atoms with Crippen LogP contribution in [0.15, 0.2) is 76.3 Å². The van der Waals surface area contributed by atoms with Gasteiger partial charge in [-0.15, -0.1) is 0 Å². The number of aromatic hydroxyl groups is 1. The van der Waals surface area contributed by atoms with E-state index in [1.54, 1.807) is 23.1 Å². The lowest BCUT2D eigenvalue weighted by Gasteiger charge is -2.17. The minimum Gasteiger partial charge on any atom is -0.505 e. The molecule has 1 aliphatic rings. The highest BCUT2D eigenvalue weighted by molar-refractivity contribution is 9.10. The quantitative estimate of drug-likeness (QED) is 0.393. The number of phenols is 1. The second-order valence-corrected chi connectivity index (χ2v) is 7.64. The zero-order chi connectivity index (χ0) is 20.4. The van der Waals surface area contributed by atoms with Crippen molar-refractivity contribution in [2.24, 2.45) is 5.10 Å². The van der Waals surface area contributed by atoms with Crippen molar-refractivity contribution in [2.75, 3.05) is 10.3 Å². The fourth-order valence-electron chi connectivity index (χ4n) is 3.39.